The molecule has 1 aliphatic rings. The van der Waals surface area contributed by atoms with E-state index >= 15 is 0 Å². The fourth-order valence-corrected chi connectivity index (χ4v) is 6.04. The molecule has 1 aromatic heterocycles. The molecule has 1 amide bonds. The Bertz CT molecular complexity index is 1210. The Morgan fingerprint density at radius 3 is 2.62 bits per heavy atom. The third kappa shape index (κ3) is 4.67. The molecule has 0 spiro atoms. The first-order valence-electron chi connectivity index (χ1n) is 10.3. The van der Waals surface area contributed by atoms with E-state index in [9.17, 15) is 13.2 Å². The van der Waals surface area contributed by atoms with Gasteiger partial charge in [0.2, 0.25) is 21.1 Å². The van der Waals surface area contributed by atoms with Gasteiger partial charge in [0, 0.05) is 13.0 Å². The van der Waals surface area contributed by atoms with E-state index in [1.165, 1.54) is 15.6 Å². The molecule has 32 heavy (non-hydrogen) atoms. The lowest BCUT2D eigenvalue weighted by Gasteiger charge is -2.36. The van der Waals surface area contributed by atoms with Crippen LogP contribution in [0, 0.1) is 6.92 Å². The molecule has 2 heterocycles. The highest BCUT2D eigenvalue weighted by molar-refractivity contribution is 7.89. The first-order valence-corrected chi connectivity index (χ1v) is 12.6. The molecule has 2 aromatic carbocycles. The van der Waals surface area contributed by atoms with Gasteiger partial charge in [-0.15, -0.1) is 10.2 Å². The van der Waals surface area contributed by atoms with Crippen LogP contribution in [0.5, 0.6) is 5.75 Å². The second-order valence-electron chi connectivity index (χ2n) is 7.36. The predicted molar refractivity (Wildman–Crippen MR) is 122 cm³/mol. The van der Waals surface area contributed by atoms with Crippen LogP contribution >= 0.6 is 11.3 Å². The number of carbonyl (C=O) groups is 1. The number of aromatic nitrogens is 2. The van der Waals surface area contributed by atoms with Gasteiger partial charge in [-0.25, -0.2) is 8.42 Å². The number of carbonyl (C=O) groups excluding carboxylic acids is 1. The van der Waals surface area contributed by atoms with Crippen LogP contribution in [-0.4, -0.2) is 42.0 Å². The number of nitrogens with one attached hydrogen (secondary N) is 1. The summed E-state index contributed by atoms with van der Waals surface area (Å²) in [6.45, 7) is 4.47. The molecule has 0 saturated heterocycles. The minimum absolute atomic E-state index is 0.0219. The zero-order valence-electron chi connectivity index (χ0n) is 17.8. The van der Waals surface area contributed by atoms with Gasteiger partial charge in [0.15, 0.2) is 0 Å². The first-order chi connectivity index (χ1) is 15.4. The lowest BCUT2D eigenvalue weighted by atomic mass is 9.92. The maximum Gasteiger partial charge on any atom is 0.243 e. The van der Waals surface area contributed by atoms with Crippen LogP contribution < -0.4 is 10.1 Å². The Kier molecular flexibility index (Phi) is 6.54. The van der Waals surface area contributed by atoms with E-state index in [1.807, 2.05) is 31.2 Å². The Morgan fingerprint density at radius 2 is 1.94 bits per heavy atom. The van der Waals surface area contributed by atoms with Crippen LogP contribution in [0.3, 0.4) is 0 Å². The topological polar surface area (TPSA) is 101 Å². The van der Waals surface area contributed by atoms with E-state index in [0.29, 0.717) is 30.5 Å². The minimum Gasteiger partial charge on any atom is -0.494 e. The Labute approximate surface area is 191 Å². The SMILES string of the molecule is CCOc1ccc(S(=O)(=O)N2CCc3ccccc3[C@H]2CC(=O)Nc2nnc(C)s2)cc1. The molecule has 1 aliphatic heterocycles. The smallest absolute Gasteiger partial charge is 0.243 e. The number of ether oxygens (including phenoxy) is 1. The van der Waals surface area contributed by atoms with E-state index in [2.05, 4.69) is 15.5 Å². The standard InChI is InChI=1S/C22H24N4O4S2/c1-3-30-17-8-10-18(11-9-17)32(28,29)26-13-12-16-6-4-5-7-19(16)20(26)14-21(27)23-22-25-24-15(2)31-22/h4-11,20H,3,12-14H2,1-2H3,(H,23,25,27)/t20-/m1/s1. The number of nitrogens with zero attached hydrogens (tertiary/aromatic N) is 3. The van der Waals surface area contributed by atoms with Crippen LogP contribution in [0.2, 0.25) is 0 Å². The van der Waals surface area contributed by atoms with E-state index < -0.39 is 16.1 Å². The van der Waals surface area contributed by atoms with Crippen LogP contribution in [0.25, 0.3) is 0 Å². The summed E-state index contributed by atoms with van der Waals surface area (Å²) in [5.41, 5.74) is 1.90. The number of fused-ring (bicyclic) bond motifs is 1. The number of benzene rings is 2. The molecular weight excluding hydrogens is 448 g/mol. The predicted octanol–water partition coefficient (Wildman–Crippen LogP) is 3.56. The van der Waals surface area contributed by atoms with Crippen molar-refractivity contribution in [2.24, 2.45) is 0 Å². The summed E-state index contributed by atoms with van der Waals surface area (Å²) in [5, 5.41) is 11.7. The van der Waals surface area contributed by atoms with Gasteiger partial charge in [-0.05, 0) is 55.7 Å². The fraction of sp³-hybridized carbons (Fsp3) is 0.318. The molecular formula is C22H24N4O4S2. The minimum atomic E-state index is -3.83. The molecule has 0 unspecified atom stereocenters. The van der Waals surface area contributed by atoms with Crippen LogP contribution in [0.4, 0.5) is 5.13 Å². The number of anilines is 1. The third-order valence-corrected chi connectivity index (χ3v) is 7.93. The Hall–Kier alpha value is -2.82. The Morgan fingerprint density at radius 1 is 1.19 bits per heavy atom. The van der Waals surface area contributed by atoms with Crippen molar-refractivity contribution < 1.29 is 17.9 Å². The largest absolute Gasteiger partial charge is 0.494 e. The van der Waals surface area contributed by atoms with Crippen molar-refractivity contribution >= 4 is 32.4 Å². The maximum atomic E-state index is 13.6. The van der Waals surface area contributed by atoms with Crippen molar-refractivity contribution in [3.8, 4) is 5.75 Å². The second-order valence-corrected chi connectivity index (χ2v) is 10.4. The van der Waals surface area contributed by atoms with Crippen molar-refractivity contribution in [3.05, 3.63) is 64.7 Å². The maximum absolute atomic E-state index is 13.6. The van der Waals surface area contributed by atoms with Gasteiger partial charge in [-0.2, -0.15) is 4.31 Å². The van der Waals surface area contributed by atoms with Crippen molar-refractivity contribution in [3.63, 3.8) is 0 Å². The van der Waals surface area contributed by atoms with Crippen molar-refractivity contribution in [2.75, 3.05) is 18.5 Å². The summed E-state index contributed by atoms with van der Waals surface area (Å²) in [6, 6.07) is 13.4. The number of hydrogen-bond donors (Lipinski definition) is 1. The second kappa shape index (κ2) is 9.35. The molecule has 1 atom stereocenters. The number of hydrogen-bond acceptors (Lipinski definition) is 7. The van der Waals surface area contributed by atoms with Gasteiger partial charge in [0.05, 0.1) is 17.5 Å². The quantitative estimate of drug-likeness (QED) is 0.564. The molecule has 4 rings (SSSR count). The molecule has 0 saturated carbocycles. The number of amides is 1. The summed E-state index contributed by atoms with van der Waals surface area (Å²) < 4.78 is 34.0. The van der Waals surface area contributed by atoms with Crippen LogP contribution in [-0.2, 0) is 21.2 Å². The molecule has 1 N–H and O–H groups in total. The zero-order valence-corrected chi connectivity index (χ0v) is 19.4. The lowest BCUT2D eigenvalue weighted by Crippen LogP contribution is -2.41. The van der Waals surface area contributed by atoms with Gasteiger partial charge in [0.25, 0.3) is 0 Å². The highest BCUT2D eigenvalue weighted by Crippen LogP contribution is 2.37. The highest BCUT2D eigenvalue weighted by Gasteiger charge is 2.37. The molecule has 3 aromatic rings. The number of sulfonamides is 1. The normalized spacial score (nSPS) is 16.4. The van der Waals surface area contributed by atoms with E-state index in [1.54, 1.807) is 31.2 Å². The monoisotopic (exact) mass is 472 g/mol. The summed E-state index contributed by atoms with van der Waals surface area (Å²) in [7, 11) is -3.83. The average molecular weight is 473 g/mol. The van der Waals surface area contributed by atoms with Gasteiger partial charge < -0.3 is 10.1 Å². The van der Waals surface area contributed by atoms with Crippen LogP contribution in [0.1, 0.15) is 35.5 Å². The van der Waals surface area contributed by atoms with E-state index in [-0.39, 0.29) is 17.2 Å². The van der Waals surface area contributed by atoms with Gasteiger partial charge in [-0.1, -0.05) is 35.6 Å². The highest BCUT2D eigenvalue weighted by atomic mass is 32.2. The van der Waals surface area contributed by atoms with Crippen molar-refractivity contribution in [1.82, 2.24) is 14.5 Å². The summed E-state index contributed by atoms with van der Waals surface area (Å²) >= 11 is 1.27. The molecule has 0 bridgehead atoms. The summed E-state index contributed by atoms with van der Waals surface area (Å²) in [4.78, 5) is 13.0. The van der Waals surface area contributed by atoms with E-state index in [4.69, 9.17) is 4.74 Å². The third-order valence-electron chi connectivity index (χ3n) is 5.26. The summed E-state index contributed by atoms with van der Waals surface area (Å²) in [5.74, 6) is 0.300. The first kappa shape index (κ1) is 22.4. The van der Waals surface area contributed by atoms with Gasteiger partial charge >= 0.3 is 0 Å². The molecule has 10 heteroatoms. The molecule has 0 radical (unpaired) electrons. The number of rotatable bonds is 7. The van der Waals surface area contributed by atoms with Crippen molar-refractivity contribution in [1.29, 1.82) is 0 Å². The fourth-order valence-electron chi connectivity index (χ4n) is 3.83. The molecule has 8 nitrogen and oxygen atoms in total. The summed E-state index contributed by atoms with van der Waals surface area (Å²) in [6.07, 6.45) is 0.562. The van der Waals surface area contributed by atoms with Gasteiger partial charge in [-0.3, -0.25) is 4.79 Å². The molecule has 0 aliphatic carbocycles. The Balaban J connectivity index is 1.64. The van der Waals surface area contributed by atoms with Gasteiger partial charge in [0.1, 0.15) is 10.8 Å². The average Bonchev–Trinajstić information content (AvgIpc) is 3.18. The molecule has 0 fully saturated rings. The lowest BCUT2D eigenvalue weighted by molar-refractivity contribution is -0.117. The number of aryl methyl sites for hydroxylation is 1. The van der Waals surface area contributed by atoms with Crippen LogP contribution in [0.15, 0.2) is 53.4 Å². The van der Waals surface area contributed by atoms with E-state index in [0.717, 1.165) is 16.1 Å². The zero-order chi connectivity index (χ0) is 22.7. The van der Waals surface area contributed by atoms with Crippen molar-refractivity contribution in [2.45, 2.75) is 37.6 Å². The molecule has 168 valence electrons.